The van der Waals surface area contributed by atoms with Crippen molar-refractivity contribution in [2.75, 3.05) is 6.54 Å². The first-order valence-electron chi connectivity index (χ1n) is 6.45. The minimum Gasteiger partial charge on any atom is -0.361 e. The summed E-state index contributed by atoms with van der Waals surface area (Å²) < 4.78 is 4.98. The molecule has 1 heterocycles. The van der Waals surface area contributed by atoms with Gasteiger partial charge in [-0.05, 0) is 19.8 Å². The number of rotatable bonds is 4. The summed E-state index contributed by atoms with van der Waals surface area (Å²) in [5, 5.41) is 6.89. The van der Waals surface area contributed by atoms with Gasteiger partial charge < -0.3 is 9.84 Å². The predicted molar refractivity (Wildman–Crippen MR) is 64.5 cm³/mol. The van der Waals surface area contributed by atoms with Crippen LogP contribution in [0.4, 0.5) is 0 Å². The molecule has 0 saturated heterocycles. The number of carbonyl (C=O) groups excluding carboxylic acids is 1. The molecule has 4 nitrogen and oxygen atoms in total. The van der Waals surface area contributed by atoms with Crippen LogP contribution >= 0.6 is 0 Å². The summed E-state index contributed by atoms with van der Waals surface area (Å²) in [5.41, 5.74) is 0.909. The Morgan fingerprint density at radius 1 is 1.47 bits per heavy atom. The van der Waals surface area contributed by atoms with E-state index in [9.17, 15) is 4.79 Å². The van der Waals surface area contributed by atoms with Gasteiger partial charge in [-0.2, -0.15) is 0 Å². The molecular weight excluding hydrogens is 216 g/mol. The number of aromatic nitrogens is 1. The molecule has 94 valence electrons. The molecule has 2 rings (SSSR count). The van der Waals surface area contributed by atoms with E-state index in [4.69, 9.17) is 4.52 Å². The summed E-state index contributed by atoms with van der Waals surface area (Å²) in [6.07, 6.45) is 6.52. The smallest absolute Gasteiger partial charge is 0.223 e. The van der Waals surface area contributed by atoms with Gasteiger partial charge in [-0.25, -0.2) is 0 Å². The molecular formula is C13H20N2O2. The van der Waals surface area contributed by atoms with Crippen molar-refractivity contribution in [3.05, 3.63) is 17.5 Å². The molecule has 0 unspecified atom stereocenters. The van der Waals surface area contributed by atoms with Crippen molar-refractivity contribution in [1.82, 2.24) is 10.5 Å². The fraction of sp³-hybridized carbons (Fsp3) is 0.692. The molecule has 1 aromatic heterocycles. The standard InChI is InChI=1S/C13H20N2O2/c1-10-9-12(15-17-10)7-8-14-13(16)11-5-3-2-4-6-11/h9,11H,2-8H2,1H3,(H,14,16). The Kier molecular flexibility index (Phi) is 4.18. The number of carbonyl (C=O) groups is 1. The first kappa shape index (κ1) is 12.1. The highest BCUT2D eigenvalue weighted by atomic mass is 16.5. The molecule has 0 spiro atoms. The molecule has 1 fully saturated rings. The van der Waals surface area contributed by atoms with E-state index in [1.807, 2.05) is 13.0 Å². The number of aryl methyl sites for hydroxylation is 1. The van der Waals surface area contributed by atoms with Gasteiger partial charge >= 0.3 is 0 Å². The molecule has 1 N–H and O–H groups in total. The van der Waals surface area contributed by atoms with Gasteiger partial charge in [0.25, 0.3) is 0 Å². The van der Waals surface area contributed by atoms with E-state index in [-0.39, 0.29) is 11.8 Å². The van der Waals surface area contributed by atoms with E-state index < -0.39 is 0 Å². The maximum Gasteiger partial charge on any atom is 0.223 e. The molecule has 1 saturated carbocycles. The van der Waals surface area contributed by atoms with E-state index in [2.05, 4.69) is 10.5 Å². The molecule has 0 aliphatic heterocycles. The molecule has 0 aromatic carbocycles. The summed E-state index contributed by atoms with van der Waals surface area (Å²) in [5.74, 6) is 1.27. The fourth-order valence-electron chi connectivity index (χ4n) is 2.36. The van der Waals surface area contributed by atoms with Crippen molar-refractivity contribution in [1.29, 1.82) is 0 Å². The van der Waals surface area contributed by atoms with E-state index in [1.165, 1.54) is 19.3 Å². The summed E-state index contributed by atoms with van der Waals surface area (Å²) in [7, 11) is 0. The molecule has 1 aliphatic carbocycles. The van der Waals surface area contributed by atoms with Gasteiger partial charge in [-0.1, -0.05) is 24.4 Å². The highest BCUT2D eigenvalue weighted by Crippen LogP contribution is 2.23. The van der Waals surface area contributed by atoms with Crippen LogP contribution in [0, 0.1) is 12.8 Å². The minimum atomic E-state index is 0.213. The van der Waals surface area contributed by atoms with Crippen molar-refractivity contribution < 1.29 is 9.32 Å². The van der Waals surface area contributed by atoms with Crippen LogP contribution in [0.3, 0.4) is 0 Å². The highest BCUT2D eigenvalue weighted by Gasteiger charge is 2.20. The van der Waals surface area contributed by atoms with Crippen molar-refractivity contribution in [3.8, 4) is 0 Å². The molecule has 0 atom stereocenters. The Bertz CT molecular complexity index is 367. The summed E-state index contributed by atoms with van der Waals surface area (Å²) in [6.45, 7) is 2.53. The zero-order valence-electron chi connectivity index (χ0n) is 10.4. The highest BCUT2D eigenvalue weighted by molar-refractivity contribution is 5.78. The minimum absolute atomic E-state index is 0.213. The average molecular weight is 236 g/mol. The van der Waals surface area contributed by atoms with Crippen LogP contribution in [0.25, 0.3) is 0 Å². The van der Waals surface area contributed by atoms with Gasteiger partial charge in [0, 0.05) is 24.9 Å². The molecule has 4 heteroatoms. The zero-order valence-corrected chi connectivity index (χ0v) is 10.4. The lowest BCUT2D eigenvalue weighted by Crippen LogP contribution is -2.33. The Labute approximate surface area is 102 Å². The largest absolute Gasteiger partial charge is 0.361 e. The molecule has 1 amide bonds. The third kappa shape index (κ3) is 3.58. The summed E-state index contributed by atoms with van der Waals surface area (Å²) in [4.78, 5) is 11.8. The van der Waals surface area contributed by atoms with Gasteiger partial charge in [0.2, 0.25) is 5.91 Å². The van der Waals surface area contributed by atoms with Crippen LogP contribution in [0.15, 0.2) is 10.6 Å². The van der Waals surface area contributed by atoms with Gasteiger partial charge in [-0.3, -0.25) is 4.79 Å². The van der Waals surface area contributed by atoms with Crippen molar-refractivity contribution >= 4 is 5.91 Å². The second kappa shape index (κ2) is 5.84. The SMILES string of the molecule is Cc1cc(CCNC(=O)C2CCCCC2)no1. The third-order valence-corrected chi connectivity index (χ3v) is 3.33. The monoisotopic (exact) mass is 236 g/mol. The number of nitrogens with one attached hydrogen (secondary N) is 1. The lowest BCUT2D eigenvalue weighted by molar-refractivity contribution is -0.125. The van der Waals surface area contributed by atoms with Crippen LogP contribution < -0.4 is 5.32 Å². The van der Waals surface area contributed by atoms with Crippen molar-refractivity contribution in [2.24, 2.45) is 5.92 Å². The summed E-state index contributed by atoms with van der Waals surface area (Å²) in [6, 6.07) is 1.91. The maximum absolute atomic E-state index is 11.8. The predicted octanol–water partition coefficient (Wildman–Crippen LogP) is 2.22. The molecule has 17 heavy (non-hydrogen) atoms. The maximum atomic E-state index is 11.8. The normalized spacial score (nSPS) is 17.0. The lowest BCUT2D eigenvalue weighted by atomic mass is 9.89. The quantitative estimate of drug-likeness (QED) is 0.872. The van der Waals surface area contributed by atoms with E-state index >= 15 is 0 Å². The number of amides is 1. The summed E-state index contributed by atoms with van der Waals surface area (Å²) >= 11 is 0. The van der Waals surface area contributed by atoms with Crippen LogP contribution in [-0.2, 0) is 11.2 Å². The number of hydrogen-bond donors (Lipinski definition) is 1. The van der Waals surface area contributed by atoms with E-state index in [1.54, 1.807) is 0 Å². The first-order valence-corrected chi connectivity index (χ1v) is 6.45. The fourth-order valence-corrected chi connectivity index (χ4v) is 2.36. The van der Waals surface area contributed by atoms with Crippen LogP contribution in [0.5, 0.6) is 0 Å². The van der Waals surface area contributed by atoms with Crippen LogP contribution in [0.1, 0.15) is 43.6 Å². The molecule has 0 radical (unpaired) electrons. The van der Waals surface area contributed by atoms with Crippen LogP contribution in [-0.4, -0.2) is 17.6 Å². The Morgan fingerprint density at radius 3 is 2.88 bits per heavy atom. The Hall–Kier alpha value is -1.32. The zero-order chi connectivity index (χ0) is 12.1. The lowest BCUT2D eigenvalue weighted by Gasteiger charge is -2.20. The second-order valence-corrected chi connectivity index (χ2v) is 4.80. The molecule has 1 aliphatic rings. The topological polar surface area (TPSA) is 55.1 Å². The Morgan fingerprint density at radius 2 is 2.24 bits per heavy atom. The van der Waals surface area contributed by atoms with Gasteiger partial charge in [-0.15, -0.1) is 0 Å². The van der Waals surface area contributed by atoms with Crippen molar-refractivity contribution in [3.63, 3.8) is 0 Å². The molecule has 0 bridgehead atoms. The van der Waals surface area contributed by atoms with E-state index in [0.717, 1.165) is 30.7 Å². The van der Waals surface area contributed by atoms with Crippen molar-refractivity contribution in [2.45, 2.75) is 45.4 Å². The second-order valence-electron chi connectivity index (χ2n) is 4.80. The van der Waals surface area contributed by atoms with Gasteiger partial charge in [0.15, 0.2) is 0 Å². The average Bonchev–Trinajstić information content (AvgIpc) is 2.76. The van der Waals surface area contributed by atoms with Gasteiger partial charge in [0.05, 0.1) is 5.69 Å². The first-order chi connectivity index (χ1) is 8.25. The third-order valence-electron chi connectivity index (χ3n) is 3.33. The van der Waals surface area contributed by atoms with Crippen LogP contribution in [0.2, 0.25) is 0 Å². The number of hydrogen-bond acceptors (Lipinski definition) is 3. The van der Waals surface area contributed by atoms with Gasteiger partial charge in [0.1, 0.15) is 5.76 Å². The molecule has 1 aromatic rings. The van der Waals surface area contributed by atoms with E-state index in [0.29, 0.717) is 6.54 Å². The number of nitrogens with zero attached hydrogens (tertiary/aromatic N) is 1. The Balaban J connectivity index is 1.69.